The van der Waals surface area contributed by atoms with Gasteiger partial charge in [-0.25, -0.2) is 0 Å². The Morgan fingerprint density at radius 3 is 2.44 bits per heavy atom. The number of hydrogen-bond donors (Lipinski definition) is 3. The van der Waals surface area contributed by atoms with Crippen LogP contribution >= 0.6 is 11.6 Å². The number of carbonyl (C=O) groups excluding carboxylic acids is 3. The Labute approximate surface area is 193 Å². The maximum atomic E-state index is 12.5. The predicted molar refractivity (Wildman–Crippen MR) is 126 cm³/mol. The molecule has 172 valence electrons. The summed E-state index contributed by atoms with van der Waals surface area (Å²) in [6.07, 6.45) is 4.16. The summed E-state index contributed by atoms with van der Waals surface area (Å²) >= 11 is 6.04. The lowest BCUT2D eigenvalue weighted by Crippen LogP contribution is -2.42. The maximum absolute atomic E-state index is 12.5. The molecule has 3 N–H and O–H groups in total. The van der Waals surface area contributed by atoms with E-state index in [2.05, 4.69) is 23.1 Å². The molecule has 7 nitrogen and oxygen atoms in total. The minimum Gasteiger partial charge on any atom is -0.493 e. The first-order valence-electron chi connectivity index (χ1n) is 10.8. The Hall–Kier alpha value is -3.06. The summed E-state index contributed by atoms with van der Waals surface area (Å²) < 4.78 is 5.73. The molecule has 0 heterocycles. The molecular formula is C24H30ClN3O4. The van der Waals surface area contributed by atoms with E-state index in [9.17, 15) is 14.4 Å². The second kappa shape index (κ2) is 13.4. The molecule has 0 saturated heterocycles. The lowest BCUT2D eigenvalue weighted by molar-refractivity contribution is -0.124. The number of anilines is 1. The highest BCUT2D eigenvalue weighted by Crippen LogP contribution is 2.23. The van der Waals surface area contributed by atoms with Gasteiger partial charge in [-0.1, -0.05) is 56.0 Å². The van der Waals surface area contributed by atoms with Crippen molar-refractivity contribution in [2.24, 2.45) is 0 Å². The zero-order valence-electron chi connectivity index (χ0n) is 18.5. The van der Waals surface area contributed by atoms with E-state index in [1.54, 1.807) is 49.4 Å². The Kier molecular flexibility index (Phi) is 10.5. The van der Waals surface area contributed by atoms with Gasteiger partial charge in [-0.05, 0) is 43.2 Å². The van der Waals surface area contributed by atoms with Crippen molar-refractivity contribution in [3.8, 4) is 5.75 Å². The van der Waals surface area contributed by atoms with Gasteiger partial charge >= 0.3 is 0 Å². The van der Waals surface area contributed by atoms with Gasteiger partial charge in [-0.15, -0.1) is 0 Å². The van der Waals surface area contributed by atoms with E-state index in [4.69, 9.17) is 16.3 Å². The van der Waals surface area contributed by atoms with Crippen LogP contribution in [0.3, 0.4) is 0 Å². The van der Waals surface area contributed by atoms with Crippen LogP contribution in [0.4, 0.5) is 5.69 Å². The second-order valence-corrected chi connectivity index (χ2v) is 7.78. The monoisotopic (exact) mass is 459 g/mol. The summed E-state index contributed by atoms with van der Waals surface area (Å²) in [5.74, 6) is -0.818. The molecule has 2 rings (SSSR count). The van der Waals surface area contributed by atoms with Gasteiger partial charge in [0.15, 0.2) is 0 Å². The predicted octanol–water partition coefficient (Wildman–Crippen LogP) is 4.79. The van der Waals surface area contributed by atoms with Gasteiger partial charge in [0.1, 0.15) is 5.75 Å². The molecule has 8 heteroatoms. The lowest BCUT2D eigenvalue weighted by atomic mass is 10.2. The molecule has 2 aromatic carbocycles. The number of ether oxygens (including phenoxy) is 1. The largest absolute Gasteiger partial charge is 0.493 e. The highest BCUT2D eigenvalue weighted by atomic mass is 35.5. The SMILES string of the molecule is CCCCCCOc1ccccc1C(=O)NNC(=O)CCC(=O)Nc1cccc(Cl)c1C. The fourth-order valence-electron chi connectivity index (χ4n) is 2.93. The number of benzene rings is 2. The molecule has 3 amide bonds. The van der Waals surface area contributed by atoms with Crippen molar-refractivity contribution >= 4 is 35.0 Å². The van der Waals surface area contributed by atoms with Gasteiger partial charge < -0.3 is 10.1 Å². The molecule has 0 bridgehead atoms. The highest BCUT2D eigenvalue weighted by Gasteiger charge is 2.14. The Morgan fingerprint density at radius 2 is 1.66 bits per heavy atom. The van der Waals surface area contributed by atoms with Gasteiger partial charge in [0.05, 0.1) is 12.2 Å². The van der Waals surface area contributed by atoms with Gasteiger partial charge in [0.25, 0.3) is 5.91 Å². The molecule has 0 aliphatic carbocycles. The average Bonchev–Trinajstić information content (AvgIpc) is 2.79. The van der Waals surface area contributed by atoms with Crippen LogP contribution < -0.4 is 20.9 Å². The van der Waals surface area contributed by atoms with Crippen LogP contribution in [0.1, 0.15) is 61.4 Å². The summed E-state index contributed by atoms with van der Waals surface area (Å²) in [6.45, 7) is 4.46. The number of halogens is 1. The third kappa shape index (κ3) is 8.23. The topological polar surface area (TPSA) is 96.5 Å². The number of amides is 3. The van der Waals surface area contributed by atoms with Crippen LogP contribution in [0.25, 0.3) is 0 Å². The van der Waals surface area contributed by atoms with Gasteiger partial charge in [-0.3, -0.25) is 25.2 Å². The standard InChI is InChI=1S/C24H30ClN3O4/c1-3-4-5-8-16-32-21-13-7-6-10-18(21)24(31)28-27-23(30)15-14-22(29)26-20-12-9-11-19(25)17(20)2/h6-7,9-13H,3-5,8,14-16H2,1-2H3,(H,26,29)(H,27,30)(H,28,31). The normalized spacial score (nSPS) is 10.3. The molecule has 0 atom stereocenters. The van der Waals surface area contributed by atoms with E-state index in [1.165, 1.54) is 0 Å². The number of hydrazine groups is 1. The maximum Gasteiger partial charge on any atom is 0.273 e. The first kappa shape index (κ1) is 25.2. The average molecular weight is 460 g/mol. The second-order valence-electron chi connectivity index (χ2n) is 7.37. The van der Waals surface area contributed by atoms with Crippen molar-refractivity contribution in [3.63, 3.8) is 0 Å². The summed E-state index contributed by atoms with van der Waals surface area (Å²) in [5, 5.41) is 3.28. The number of para-hydroxylation sites is 1. The molecule has 0 saturated carbocycles. The molecule has 0 aliphatic heterocycles. The summed E-state index contributed by atoms with van der Waals surface area (Å²) in [6, 6.07) is 12.1. The van der Waals surface area contributed by atoms with Crippen LogP contribution in [-0.2, 0) is 9.59 Å². The molecule has 0 radical (unpaired) electrons. The van der Waals surface area contributed by atoms with E-state index in [-0.39, 0.29) is 18.7 Å². The quantitative estimate of drug-likeness (QED) is 0.332. The van der Waals surface area contributed by atoms with Crippen molar-refractivity contribution < 1.29 is 19.1 Å². The van der Waals surface area contributed by atoms with Crippen molar-refractivity contribution in [2.45, 2.75) is 52.4 Å². The van der Waals surface area contributed by atoms with Gasteiger partial charge in [-0.2, -0.15) is 0 Å². The number of unbranched alkanes of at least 4 members (excludes halogenated alkanes) is 3. The van der Waals surface area contributed by atoms with Gasteiger partial charge in [0.2, 0.25) is 11.8 Å². The van der Waals surface area contributed by atoms with Crippen molar-refractivity contribution in [3.05, 3.63) is 58.6 Å². The van der Waals surface area contributed by atoms with Crippen LogP contribution in [0.2, 0.25) is 5.02 Å². The molecule has 0 fully saturated rings. The Balaban J connectivity index is 1.77. The number of nitrogens with one attached hydrogen (secondary N) is 3. The van der Waals surface area contributed by atoms with E-state index >= 15 is 0 Å². The zero-order chi connectivity index (χ0) is 23.3. The zero-order valence-corrected chi connectivity index (χ0v) is 19.3. The fourth-order valence-corrected chi connectivity index (χ4v) is 3.10. The molecule has 0 unspecified atom stereocenters. The van der Waals surface area contributed by atoms with Crippen LogP contribution in [-0.4, -0.2) is 24.3 Å². The van der Waals surface area contributed by atoms with Crippen LogP contribution in [0.5, 0.6) is 5.75 Å². The third-order valence-corrected chi connectivity index (χ3v) is 5.23. The summed E-state index contributed by atoms with van der Waals surface area (Å²) in [5.41, 5.74) is 6.39. The lowest BCUT2D eigenvalue weighted by Gasteiger charge is -2.12. The van der Waals surface area contributed by atoms with Crippen LogP contribution in [0, 0.1) is 6.92 Å². The van der Waals surface area contributed by atoms with Crippen LogP contribution in [0.15, 0.2) is 42.5 Å². The van der Waals surface area contributed by atoms with E-state index in [0.717, 1.165) is 31.2 Å². The fraction of sp³-hybridized carbons (Fsp3) is 0.375. The molecule has 32 heavy (non-hydrogen) atoms. The Morgan fingerprint density at radius 1 is 0.906 bits per heavy atom. The van der Waals surface area contributed by atoms with Crippen molar-refractivity contribution in [2.75, 3.05) is 11.9 Å². The minimum atomic E-state index is -0.485. The van der Waals surface area contributed by atoms with E-state index in [1.807, 2.05) is 0 Å². The number of rotatable bonds is 11. The minimum absolute atomic E-state index is 0.0366. The number of carbonyl (C=O) groups is 3. The number of hydrogen-bond acceptors (Lipinski definition) is 4. The molecule has 2 aromatic rings. The highest BCUT2D eigenvalue weighted by molar-refractivity contribution is 6.31. The molecule has 0 spiro atoms. The first-order chi connectivity index (χ1) is 15.4. The van der Waals surface area contributed by atoms with Crippen molar-refractivity contribution in [1.82, 2.24) is 10.9 Å². The summed E-state index contributed by atoms with van der Waals surface area (Å²) in [4.78, 5) is 36.6. The summed E-state index contributed by atoms with van der Waals surface area (Å²) in [7, 11) is 0. The van der Waals surface area contributed by atoms with Gasteiger partial charge in [0, 0.05) is 23.6 Å². The third-order valence-electron chi connectivity index (χ3n) is 4.82. The van der Waals surface area contributed by atoms with E-state index < -0.39 is 11.8 Å². The Bertz CT molecular complexity index is 933. The molecule has 0 aromatic heterocycles. The van der Waals surface area contributed by atoms with E-state index in [0.29, 0.717) is 28.6 Å². The smallest absolute Gasteiger partial charge is 0.273 e. The molecular weight excluding hydrogens is 430 g/mol. The van der Waals surface area contributed by atoms with Crippen molar-refractivity contribution in [1.29, 1.82) is 0 Å². The first-order valence-corrected chi connectivity index (χ1v) is 11.2. The molecule has 0 aliphatic rings.